The van der Waals surface area contributed by atoms with E-state index in [1.54, 1.807) is 6.07 Å². The van der Waals surface area contributed by atoms with E-state index in [9.17, 15) is 4.39 Å². The van der Waals surface area contributed by atoms with Crippen LogP contribution in [-0.4, -0.2) is 9.55 Å². The molecule has 21 heavy (non-hydrogen) atoms. The van der Waals surface area contributed by atoms with Crippen LogP contribution in [0.3, 0.4) is 0 Å². The average Bonchev–Trinajstić information content (AvgIpc) is 2.96. The van der Waals surface area contributed by atoms with Gasteiger partial charge in [-0.25, -0.2) is 9.37 Å². The molecule has 0 N–H and O–H groups in total. The minimum absolute atomic E-state index is 0.169. The number of rotatable bonds is 3. The van der Waals surface area contributed by atoms with Crippen molar-refractivity contribution in [3.05, 3.63) is 27.3 Å². The Morgan fingerprint density at radius 3 is 2.86 bits per heavy atom. The van der Waals surface area contributed by atoms with Gasteiger partial charge in [-0.2, -0.15) is 0 Å². The van der Waals surface area contributed by atoms with Crippen molar-refractivity contribution in [3.63, 3.8) is 0 Å². The van der Waals surface area contributed by atoms with E-state index in [1.165, 1.54) is 19.3 Å². The number of hydrogen-bond donors (Lipinski definition) is 0. The van der Waals surface area contributed by atoms with Crippen LogP contribution in [0, 0.1) is 21.2 Å². The van der Waals surface area contributed by atoms with Crippen LogP contribution in [0.5, 0.6) is 0 Å². The van der Waals surface area contributed by atoms with Gasteiger partial charge in [0.05, 0.1) is 20.0 Å². The molecule has 2 nitrogen and oxygen atoms in total. The maximum Gasteiger partial charge on any atom is 0.138 e. The van der Waals surface area contributed by atoms with E-state index in [4.69, 9.17) is 11.6 Å². The molecule has 3 unspecified atom stereocenters. The number of halogens is 3. The Balaban J connectivity index is 2.05. The van der Waals surface area contributed by atoms with Crippen LogP contribution in [0.4, 0.5) is 4.39 Å². The molecule has 1 aromatic heterocycles. The van der Waals surface area contributed by atoms with Crippen molar-refractivity contribution < 1.29 is 4.39 Å². The predicted molar refractivity (Wildman–Crippen MR) is 93.2 cm³/mol. The molecule has 1 aliphatic rings. The second-order valence-electron chi connectivity index (χ2n) is 6.24. The van der Waals surface area contributed by atoms with E-state index in [2.05, 4.69) is 16.5 Å². The number of alkyl halides is 1. The quantitative estimate of drug-likeness (QED) is 0.472. The van der Waals surface area contributed by atoms with Crippen LogP contribution in [-0.2, 0) is 6.54 Å². The van der Waals surface area contributed by atoms with E-state index < -0.39 is 0 Å². The molecule has 1 saturated carbocycles. The minimum Gasteiger partial charge on any atom is -0.326 e. The first-order chi connectivity index (χ1) is 9.95. The zero-order valence-corrected chi connectivity index (χ0v) is 15.2. The lowest BCUT2D eigenvalue weighted by Gasteiger charge is -2.15. The molecule has 0 amide bonds. The molecule has 1 heterocycles. The number of hydrogen-bond acceptors (Lipinski definition) is 1. The smallest absolute Gasteiger partial charge is 0.138 e. The van der Waals surface area contributed by atoms with Gasteiger partial charge in [0.25, 0.3) is 0 Å². The molecule has 1 fully saturated rings. The van der Waals surface area contributed by atoms with Crippen LogP contribution in [0.25, 0.3) is 11.0 Å². The summed E-state index contributed by atoms with van der Waals surface area (Å²) in [5.74, 6) is 2.11. The van der Waals surface area contributed by atoms with Gasteiger partial charge in [-0.3, -0.25) is 0 Å². The van der Waals surface area contributed by atoms with Crippen LogP contribution < -0.4 is 0 Å². The number of imidazole rings is 1. The average molecular weight is 421 g/mol. The first-order valence-electron chi connectivity index (χ1n) is 7.45. The maximum atomic E-state index is 13.9. The van der Waals surface area contributed by atoms with Crippen molar-refractivity contribution in [2.24, 2.45) is 11.8 Å². The molecule has 3 rings (SSSR count). The summed E-state index contributed by atoms with van der Waals surface area (Å²) >= 11 is 8.30. The van der Waals surface area contributed by atoms with Gasteiger partial charge in [0, 0.05) is 12.6 Å². The van der Waals surface area contributed by atoms with E-state index in [0.29, 0.717) is 9.49 Å². The Labute approximate surface area is 143 Å². The maximum absolute atomic E-state index is 13.9. The van der Waals surface area contributed by atoms with Gasteiger partial charge in [-0.05, 0) is 60.3 Å². The Morgan fingerprint density at radius 2 is 2.24 bits per heavy atom. The van der Waals surface area contributed by atoms with E-state index in [1.807, 2.05) is 35.6 Å². The van der Waals surface area contributed by atoms with Crippen molar-refractivity contribution in [3.8, 4) is 0 Å². The normalized spacial score (nSPS) is 23.9. The van der Waals surface area contributed by atoms with Crippen LogP contribution in [0.1, 0.15) is 44.3 Å². The van der Waals surface area contributed by atoms with Crippen molar-refractivity contribution in [1.82, 2.24) is 9.55 Å². The molecular formula is C16H19ClFIN2. The molecule has 1 aliphatic carbocycles. The third kappa shape index (κ3) is 3.07. The van der Waals surface area contributed by atoms with Gasteiger partial charge in [-0.15, -0.1) is 11.6 Å². The molecule has 0 radical (unpaired) electrons. The lowest BCUT2D eigenvalue weighted by molar-refractivity contribution is 0.438. The minimum atomic E-state index is -0.183. The number of fused-ring (bicyclic) bond motifs is 1. The van der Waals surface area contributed by atoms with E-state index in [-0.39, 0.29) is 11.2 Å². The van der Waals surface area contributed by atoms with Gasteiger partial charge in [0.1, 0.15) is 11.6 Å². The van der Waals surface area contributed by atoms with E-state index in [0.717, 1.165) is 29.3 Å². The summed E-state index contributed by atoms with van der Waals surface area (Å²) in [4.78, 5) is 4.63. The van der Waals surface area contributed by atoms with Crippen molar-refractivity contribution in [2.75, 3.05) is 0 Å². The fourth-order valence-electron chi connectivity index (χ4n) is 3.38. The van der Waals surface area contributed by atoms with Gasteiger partial charge in [-0.1, -0.05) is 13.3 Å². The monoisotopic (exact) mass is 420 g/mol. The summed E-state index contributed by atoms with van der Waals surface area (Å²) < 4.78 is 16.7. The summed E-state index contributed by atoms with van der Waals surface area (Å²) in [5.41, 5.74) is 1.71. The Morgan fingerprint density at radius 1 is 1.48 bits per heavy atom. The van der Waals surface area contributed by atoms with Crippen molar-refractivity contribution in [2.45, 2.75) is 45.0 Å². The summed E-state index contributed by atoms with van der Waals surface area (Å²) in [5, 5.41) is -0.169. The van der Waals surface area contributed by atoms with Crippen LogP contribution >= 0.6 is 34.2 Å². The SMILES string of the molecule is CC1CCC(Cn2c(C(C)Cl)nc3cc(I)c(F)cc32)C1. The Bertz CT molecular complexity index is 668. The molecule has 2 aromatic rings. The van der Waals surface area contributed by atoms with Gasteiger partial charge in [0.15, 0.2) is 0 Å². The van der Waals surface area contributed by atoms with Crippen LogP contribution in [0.2, 0.25) is 0 Å². The second-order valence-corrected chi connectivity index (χ2v) is 8.05. The molecule has 0 aliphatic heterocycles. The highest BCUT2D eigenvalue weighted by molar-refractivity contribution is 14.1. The van der Waals surface area contributed by atoms with Crippen molar-refractivity contribution >= 4 is 45.2 Å². The zero-order chi connectivity index (χ0) is 15.1. The molecule has 114 valence electrons. The molecule has 3 atom stereocenters. The summed E-state index contributed by atoms with van der Waals surface area (Å²) in [6.45, 7) is 5.13. The topological polar surface area (TPSA) is 17.8 Å². The van der Waals surface area contributed by atoms with E-state index >= 15 is 0 Å². The molecular weight excluding hydrogens is 402 g/mol. The lowest BCUT2D eigenvalue weighted by atomic mass is 10.1. The Hall–Kier alpha value is -0.360. The van der Waals surface area contributed by atoms with Crippen LogP contribution in [0.15, 0.2) is 12.1 Å². The standard InChI is InChI=1S/C16H19ClFIN2/c1-9-3-4-11(5-9)8-21-15-6-12(18)13(19)7-14(15)20-16(21)10(2)17/h6-7,9-11H,3-5,8H2,1-2H3. The zero-order valence-electron chi connectivity index (χ0n) is 12.2. The molecule has 0 spiro atoms. The molecule has 5 heteroatoms. The summed E-state index contributed by atoms with van der Waals surface area (Å²) in [7, 11) is 0. The number of nitrogens with zero attached hydrogens (tertiary/aromatic N) is 2. The lowest BCUT2D eigenvalue weighted by Crippen LogP contribution is -2.11. The predicted octanol–water partition coefficient (Wildman–Crippen LogP) is 5.52. The largest absolute Gasteiger partial charge is 0.326 e. The fraction of sp³-hybridized carbons (Fsp3) is 0.562. The third-order valence-corrected chi connectivity index (χ3v) is 5.44. The second kappa shape index (κ2) is 6.03. The first-order valence-corrected chi connectivity index (χ1v) is 8.96. The molecule has 1 aromatic carbocycles. The number of benzene rings is 1. The highest BCUT2D eigenvalue weighted by atomic mass is 127. The molecule has 0 bridgehead atoms. The highest BCUT2D eigenvalue weighted by Gasteiger charge is 2.25. The summed E-state index contributed by atoms with van der Waals surface area (Å²) in [6.07, 6.45) is 3.77. The summed E-state index contributed by atoms with van der Waals surface area (Å²) in [6, 6.07) is 3.41. The molecule has 0 saturated heterocycles. The van der Waals surface area contributed by atoms with Gasteiger partial charge in [0.2, 0.25) is 0 Å². The van der Waals surface area contributed by atoms with Gasteiger partial charge >= 0.3 is 0 Å². The first kappa shape index (κ1) is 15.5. The third-order valence-electron chi connectivity index (χ3n) is 4.42. The van der Waals surface area contributed by atoms with Crippen molar-refractivity contribution in [1.29, 1.82) is 0 Å². The highest BCUT2D eigenvalue weighted by Crippen LogP contribution is 2.34. The van der Waals surface area contributed by atoms with Gasteiger partial charge < -0.3 is 4.57 Å². The fourth-order valence-corrected chi connectivity index (χ4v) is 4.00. The number of aromatic nitrogens is 2. The Kier molecular flexibility index (Phi) is 4.46.